The molecule has 1 amide bonds. The summed E-state index contributed by atoms with van der Waals surface area (Å²) in [6.45, 7) is 0. The van der Waals surface area contributed by atoms with Crippen LogP contribution in [0.5, 0.6) is 23.1 Å². The van der Waals surface area contributed by atoms with Gasteiger partial charge in [-0.3, -0.25) is 9.59 Å². The summed E-state index contributed by atoms with van der Waals surface area (Å²) in [5, 5.41) is 2.75. The zero-order valence-electron chi connectivity index (χ0n) is 17.7. The predicted molar refractivity (Wildman–Crippen MR) is 115 cm³/mol. The minimum absolute atomic E-state index is 0.00564. The van der Waals surface area contributed by atoms with Crippen molar-refractivity contribution in [2.45, 2.75) is 18.9 Å². The van der Waals surface area contributed by atoms with Crippen LogP contribution in [0.3, 0.4) is 0 Å². The van der Waals surface area contributed by atoms with Gasteiger partial charge in [-0.1, -0.05) is 0 Å². The van der Waals surface area contributed by atoms with Crippen molar-refractivity contribution in [1.82, 2.24) is 9.55 Å². The van der Waals surface area contributed by atoms with E-state index >= 15 is 0 Å². The molecule has 9 heteroatoms. The number of hydrogen-bond donors (Lipinski definition) is 1. The van der Waals surface area contributed by atoms with Gasteiger partial charge in [-0.25, -0.2) is 4.98 Å². The first kappa shape index (κ1) is 20.5. The number of hydrogen-bond acceptors (Lipinski definition) is 7. The standard InChI is InChI=1S/C22H23N3O6/c1-28-16-9-12(10-17(29-2)21(16)31-4)23-22(27)14-11-25(13-5-6-13)15-7-8-18(30-3)24-19(15)20(14)26/h7-11,13H,5-6H2,1-4H3,(H,23,27). The summed E-state index contributed by atoms with van der Waals surface area (Å²) in [5.41, 5.74) is 0.807. The Hall–Kier alpha value is -3.75. The van der Waals surface area contributed by atoms with Gasteiger partial charge >= 0.3 is 0 Å². The average molecular weight is 425 g/mol. The van der Waals surface area contributed by atoms with E-state index in [0.717, 1.165) is 12.8 Å². The van der Waals surface area contributed by atoms with Crippen LogP contribution in [0.2, 0.25) is 0 Å². The molecule has 1 saturated carbocycles. The van der Waals surface area contributed by atoms with Crippen molar-refractivity contribution in [3.8, 4) is 23.1 Å². The number of carbonyl (C=O) groups is 1. The van der Waals surface area contributed by atoms with E-state index in [0.29, 0.717) is 34.3 Å². The zero-order chi connectivity index (χ0) is 22.1. The van der Waals surface area contributed by atoms with E-state index in [1.165, 1.54) is 28.4 Å². The second-order valence-corrected chi connectivity index (χ2v) is 7.10. The molecule has 0 bridgehead atoms. The van der Waals surface area contributed by atoms with Crippen molar-refractivity contribution < 1.29 is 23.7 Å². The molecule has 0 saturated heterocycles. The highest BCUT2D eigenvalue weighted by Crippen LogP contribution is 2.40. The first-order valence-electron chi connectivity index (χ1n) is 9.72. The van der Waals surface area contributed by atoms with Crippen molar-refractivity contribution in [3.05, 3.63) is 46.2 Å². The van der Waals surface area contributed by atoms with Gasteiger partial charge in [-0.2, -0.15) is 0 Å². The number of aromatic nitrogens is 2. The van der Waals surface area contributed by atoms with Gasteiger partial charge in [0.15, 0.2) is 11.5 Å². The fourth-order valence-corrected chi connectivity index (χ4v) is 3.49. The quantitative estimate of drug-likeness (QED) is 0.621. The maximum absolute atomic E-state index is 13.1. The van der Waals surface area contributed by atoms with Crippen molar-refractivity contribution in [3.63, 3.8) is 0 Å². The molecule has 0 atom stereocenters. The van der Waals surface area contributed by atoms with E-state index in [2.05, 4.69) is 10.3 Å². The van der Waals surface area contributed by atoms with E-state index in [1.54, 1.807) is 30.5 Å². The Kier molecular flexibility index (Phi) is 5.41. The third-order valence-corrected chi connectivity index (χ3v) is 5.17. The van der Waals surface area contributed by atoms with Crippen molar-refractivity contribution in [2.24, 2.45) is 0 Å². The lowest BCUT2D eigenvalue weighted by molar-refractivity contribution is 0.102. The van der Waals surface area contributed by atoms with E-state index in [-0.39, 0.29) is 17.1 Å². The number of anilines is 1. The Bertz CT molecular complexity index is 1190. The van der Waals surface area contributed by atoms with E-state index in [9.17, 15) is 9.59 Å². The largest absolute Gasteiger partial charge is 0.493 e. The van der Waals surface area contributed by atoms with E-state index in [1.807, 2.05) is 4.57 Å². The Balaban J connectivity index is 1.78. The minimum Gasteiger partial charge on any atom is -0.493 e. The maximum atomic E-state index is 13.1. The van der Waals surface area contributed by atoms with Crippen LogP contribution in [0.15, 0.2) is 35.3 Å². The molecule has 0 spiro atoms. The fraction of sp³-hybridized carbons (Fsp3) is 0.318. The average Bonchev–Trinajstić information content (AvgIpc) is 3.63. The van der Waals surface area contributed by atoms with E-state index in [4.69, 9.17) is 18.9 Å². The molecule has 1 fully saturated rings. The van der Waals surface area contributed by atoms with Gasteiger partial charge in [0.05, 0.1) is 34.0 Å². The van der Waals surface area contributed by atoms with E-state index < -0.39 is 11.3 Å². The molecule has 0 radical (unpaired) electrons. The first-order valence-corrected chi connectivity index (χ1v) is 9.72. The summed E-state index contributed by atoms with van der Waals surface area (Å²) < 4.78 is 23.1. The number of ether oxygens (including phenoxy) is 4. The summed E-state index contributed by atoms with van der Waals surface area (Å²) >= 11 is 0. The van der Waals surface area contributed by atoms with Crippen LogP contribution < -0.4 is 29.7 Å². The number of nitrogens with zero attached hydrogens (tertiary/aromatic N) is 2. The Morgan fingerprint density at radius 1 is 1.03 bits per heavy atom. The second-order valence-electron chi connectivity index (χ2n) is 7.10. The highest BCUT2D eigenvalue weighted by atomic mass is 16.5. The van der Waals surface area contributed by atoms with Crippen LogP contribution in [-0.2, 0) is 0 Å². The molecule has 9 nitrogen and oxygen atoms in total. The van der Waals surface area contributed by atoms with Gasteiger partial charge < -0.3 is 28.8 Å². The van der Waals surface area contributed by atoms with Crippen LogP contribution in [0.1, 0.15) is 29.2 Å². The topological polar surface area (TPSA) is 101 Å². The SMILES string of the molecule is COc1ccc2c(n1)c(=O)c(C(=O)Nc1cc(OC)c(OC)c(OC)c1)cn2C1CC1. The van der Waals surface area contributed by atoms with Gasteiger partial charge in [-0.15, -0.1) is 0 Å². The lowest BCUT2D eigenvalue weighted by atomic mass is 10.2. The minimum atomic E-state index is -0.555. The van der Waals surface area contributed by atoms with Crippen LogP contribution in [-0.4, -0.2) is 43.9 Å². The highest BCUT2D eigenvalue weighted by molar-refractivity contribution is 6.05. The zero-order valence-corrected chi connectivity index (χ0v) is 17.7. The monoisotopic (exact) mass is 425 g/mol. The third kappa shape index (κ3) is 3.74. The molecule has 31 heavy (non-hydrogen) atoms. The van der Waals surface area contributed by atoms with Crippen LogP contribution in [0, 0.1) is 0 Å². The summed E-state index contributed by atoms with van der Waals surface area (Å²) in [5.74, 6) is 0.935. The smallest absolute Gasteiger partial charge is 0.261 e. The molecule has 1 aliphatic rings. The number of carbonyl (C=O) groups excluding carboxylic acids is 1. The van der Waals surface area contributed by atoms with Crippen molar-refractivity contribution in [1.29, 1.82) is 0 Å². The number of rotatable bonds is 7. The third-order valence-electron chi connectivity index (χ3n) is 5.17. The Morgan fingerprint density at radius 3 is 2.26 bits per heavy atom. The first-order chi connectivity index (χ1) is 15.0. The number of benzene rings is 1. The molecule has 1 aromatic carbocycles. The van der Waals surface area contributed by atoms with Gasteiger partial charge in [-0.05, 0) is 18.9 Å². The molecule has 4 rings (SSSR count). The summed E-state index contributed by atoms with van der Waals surface area (Å²) in [6, 6.07) is 6.94. The molecule has 2 aromatic heterocycles. The molecule has 162 valence electrons. The number of amides is 1. The molecule has 0 aliphatic heterocycles. The molecule has 2 heterocycles. The normalized spacial score (nSPS) is 13.0. The lowest BCUT2D eigenvalue weighted by Gasteiger charge is -2.15. The number of methoxy groups -OCH3 is 4. The molecule has 1 aliphatic carbocycles. The molecular formula is C22H23N3O6. The highest BCUT2D eigenvalue weighted by Gasteiger charge is 2.27. The van der Waals surface area contributed by atoms with Gasteiger partial charge in [0.1, 0.15) is 11.1 Å². The lowest BCUT2D eigenvalue weighted by Crippen LogP contribution is -2.24. The Labute approximate surface area is 178 Å². The van der Waals surface area contributed by atoms with Crippen LogP contribution in [0.25, 0.3) is 11.0 Å². The number of nitrogens with one attached hydrogen (secondary N) is 1. The Morgan fingerprint density at radius 2 is 1.71 bits per heavy atom. The predicted octanol–water partition coefficient (Wildman–Crippen LogP) is 3.02. The maximum Gasteiger partial charge on any atom is 0.261 e. The summed E-state index contributed by atoms with van der Waals surface area (Å²) in [4.78, 5) is 30.5. The summed E-state index contributed by atoms with van der Waals surface area (Å²) in [7, 11) is 5.95. The second kappa shape index (κ2) is 8.17. The van der Waals surface area contributed by atoms with Gasteiger partial charge in [0.2, 0.25) is 17.1 Å². The molecule has 0 unspecified atom stereocenters. The molecule has 3 aromatic rings. The van der Waals surface area contributed by atoms with Crippen molar-refractivity contribution >= 4 is 22.6 Å². The van der Waals surface area contributed by atoms with Crippen molar-refractivity contribution in [2.75, 3.05) is 33.8 Å². The van der Waals surface area contributed by atoms with Crippen LogP contribution in [0.4, 0.5) is 5.69 Å². The van der Waals surface area contributed by atoms with Gasteiger partial charge in [0.25, 0.3) is 5.91 Å². The fourth-order valence-electron chi connectivity index (χ4n) is 3.49. The molecule has 1 N–H and O–H groups in total. The number of fused-ring (bicyclic) bond motifs is 1. The summed E-state index contributed by atoms with van der Waals surface area (Å²) in [6.07, 6.45) is 3.57. The number of pyridine rings is 2. The molecular weight excluding hydrogens is 402 g/mol. The van der Waals surface area contributed by atoms with Gasteiger partial charge in [0, 0.05) is 36.1 Å². The van der Waals surface area contributed by atoms with Crippen LogP contribution >= 0.6 is 0 Å².